The van der Waals surface area contributed by atoms with Crippen LogP contribution in [0, 0.1) is 0 Å². The second-order valence-electron chi connectivity index (χ2n) is 6.27. The zero-order chi connectivity index (χ0) is 18.1. The Labute approximate surface area is 156 Å². The molecule has 2 aromatic heterocycles. The van der Waals surface area contributed by atoms with Gasteiger partial charge in [0.15, 0.2) is 11.5 Å². The summed E-state index contributed by atoms with van der Waals surface area (Å²) in [5, 5.41) is 5.09. The van der Waals surface area contributed by atoms with Gasteiger partial charge in [0.1, 0.15) is 5.69 Å². The first-order valence-corrected chi connectivity index (χ1v) is 8.87. The van der Waals surface area contributed by atoms with Crippen molar-refractivity contribution in [2.24, 2.45) is 7.05 Å². The fourth-order valence-corrected chi connectivity index (χ4v) is 3.41. The van der Waals surface area contributed by atoms with Crippen LogP contribution >= 0.6 is 11.6 Å². The number of benzene rings is 1. The summed E-state index contributed by atoms with van der Waals surface area (Å²) >= 11 is 6.07. The van der Waals surface area contributed by atoms with Crippen LogP contribution in [0.2, 0.25) is 5.02 Å². The summed E-state index contributed by atoms with van der Waals surface area (Å²) in [7, 11) is 1.81. The molecule has 0 atom stereocenters. The Morgan fingerprint density at radius 3 is 2.62 bits per heavy atom. The predicted molar refractivity (Wildman–Crippen MR) is 100 cm³/mol. The number of amides is 1. The summed E-state index contributed by atoms with van der Waals surface area (Å²) in [6, 6.07) is 13.3. The van der Waals surface area contributed by atoms with E-state index in [-0.39, 0.29) is 5.91 Å². The molecule has 4 rings (SSSR count). The Morgan fingerprint density at radius 2 is 1.92 bits per heavy atom. The van der Waals surface area contributed by atoms with Gasteiger partial charge in [-0.2, -0.15) is 5.10 Å². The van der Waals surface area contributed by atoms with Gasteiger partial charge >= 0.3 is 0 Å². The van der Waals surface area contributed by atoms with E-state index in [1.807, 2.05) is 48.3 Å². The maximum atomic E-state index is 12.8. The number of piperazine rings is 1. The fraction of sp³-hybridized carbons (Fsp3) is 0.263. The van der Waals surface area contributed by atoms with Crippen molar-refractivity contribution >= 4 is 23.2 Å². The molecule has 0 aliphatic carbocycles. The Morgan fingerprint density at radius 1 is 1.12 bits per heavy atom. The maximum Gasteiger partial charge on any atom is 0.274 e. The normalized spacial score (nSPS) is 14.7. The first-order valence-electron chi connectivity index (χ1n) is 8.49. The summed E-state index contributed by atoms with van der Waals surface area (Å²) in [6.07, 6.45) is 1.61. The number of hydrogen-bond acceptors (Lipinski definition) is 4. The minimum absolute atomic E-state index is 0.0517. The molecule has 1 fully saturated rings. The van der Waals surface area contributed by atoms with Crippen LogP contribution < -0.4 is 4.90 Å². The number of nitrogens with zero attached hydrogens (tertiary/aromatic N) is 4. The van der Waals surface area contributed by atoms with E-state index in [0.29, 0.717) is 24.5 Å². The number of aromatic nitrogens is 2. The molecule has 1 aliphatic rings. The highest BCUT2D eigenvalue weighted by atomic mass is 35.5. The molecule has 0 N–H and O–H groups in total. The lowest BCUT2D eigenvalue weighted by Crippen LogP contribution is -2.48. The first-order chi connectivity index (χ1) is 12.6. The van der Waals surface area contributed by atoms with Gasteiger partial charge in [0, 0.05) is 50.0 Å². The highest BCUT2D eigenvalue weighted by molar-refractivity contribution is 6.30. The summed E-state index contributed by atoms with van der Waals surface area (Å²) in [5.74, 6) is 0.647. The van der Waals surface area contributed by atoms with Crippen molar-refractivity contribution in [2.45, 2.75) is 0 Å². The van der Waals surface area contributed by atoms with E-state index in [2.05, 4.69) is 10.00 Å². The average Bonchev–Trinajstić information content (AvgIpc) is 3.31. The Balaban J connectivity index is 1.45. The van der Waals surface area contributed by atoms with Gasteiger partial charge in [0.2, 0.25) is 0 Å². The third-order valence-corrected chi connectivity index (χ3v) is 4.85. The second-order valence-corrected chi connectivity index (χ2v) is 6.71. The molecule has 1 aliphatic heterocycles. The molecule has 1 amide bonds. The third kappa shape index (κ3) is 3.20. The Kier molecular flexibility index (Phi) is 4.42. The average molecular weight is 371 g/mol. The van der Waals surface area contributed by atoms with Crippen molar-refractivity contribution in [2.75, 3.05) is 31.1 Å². The van der Waals surface area contributed by atoms with Crippen molar-refractivity contribution in [3.05, 3.63) is 59.4 Å². The minimum Gasteiger partial charge on any atom is -0.463 e. The van der Waals surface area contributed by atoms with Gasteiger partial charge in [-0.15, -0.1) is 0 Å². The number of hydrogen-bond donors (Lipinski definition) is 0. The van der Waals surface area contributed by atoms with Gasteiger partial charge in [0.05, 0.1) is 6.26 Å². The van der Waals surface area contributed by atoms with Gasteiger partial charge < -0.3 is 14.2 Å². The van der Waals surface area contributed by atoms with Crippen molar-refractivity contribution in [1.82, 2.24) is 14.7 Å². The van der Waals surface area contributed by atoms with Crippen LogP contribution in [-0.2, 0) is 7.05 Å². The number of aryl methyl sites for hydroxylation is 1. The monoisotopic (exact) mass is 370 g/mol. The van der Waals surface area contributed by atoms with Crippen LogP contribution in [0.4, 0.5) is 5.69 Å². The van der Waals surface area contributed by atoms with Crippen molar-refractivity contribution in [1.29, 1.82) is 0 Å². The topological polar surface area (TPSA) is 54.5 Å². The minimum atomic E-state index is -0.0517. The lowest BCUT2D eigenvalue weighted by atomic mass is 10.2. The van der Waals surface area contributed by atoms with E-state index in [4.69, 9.17) is 16.0 Å². The quantitative estimate of drug-likeness (QED) is 0.710. The number of carbonyl (C=O) groups excluding carboxylic acids is 1. The number of furan rings is 1. The molecular formula is C19H19ClN4O2. The first kappa shape index (κ1) is 16.7. The summed E-state index contributed by atoms with van der Waals surface area (Å²) in [4.78, 5) is 16.9. The van der Waals surface area contributed by atoms with Crippen molar-refractivity contribution in [3.63, 3.8) is 0 Å². The van der Waals surface area contributed by atoms with Gasteiger partial charge in [-0.3, -0.25) is 9.48 Å². The smallest absolute Gasteiger partial charge is 0.274 e. The summed E-state index contributed by atoms with van der Waals surface area (Å²) in [5.41, 5.74) is 2.31. The molecule has 3 heterocycles. The number of halogens is 1. The lowest BCUT2D eigenvalue weighted by Gasteiger charge is -2.35. The van der Waals surface area contributed by atoms with Gasteiger partial charge in [-0.05, 0) is 30.3 Å². The molecule has 1 aromatic carbocycles. The zero-order valence-electron chi connectivity index (χ0n) is 14.4. The fourth-order valence-electron chi connectivity index (χ4n) is 3.23. The van der Waals surface area contributed by atoms with Crippen LogP contribution in [0.3, 0.4) is 0 Å². The molecule has 0 saturated carbocycles. The highest BCUT2D eigenvalue weighted by Gasteiger charge is 2.25. The van der Waals surface area contributed by atoms with Crippen LogP contribution in [0.25, 0.3) is 11.5 Å². The molecule has 7 heteroatoms. The third-order valence-electron chi connectivity index (χ3n) is 4.61. The molecule has 0 spiro atoms. The van der Waals surface area contributed by atoms with E-state index in [9.17, 15) is 4.79 Å². The standard InChI is InChI=1S/C19H19ClN4O2/c1-22-17(18-6-3-11-26-18)13-16(21-22)19(25)24-9-7-23(8-10-24)15-5-2-4-14(20)12-15/h2-6,11-13H,7-10H2,1H3. The number of rotatable bonds is 3. The lowest BCUT2D eigenvalue weighted by molar-refractivity contribution is 0.0740. The molecule has 3 aromatic rings. The molecule has 26 heavy (non-hydrogen) atoms. The molecule has 6 nitrogen and oxygen atoms in total. The van der Waals surface area contributed by atoms with Crippen molar-refractivity contribution < 1.29 is 9.21 Å². The van der Waals surface area contributed by atoms with Gasteiger partial charge in [-0.25, -0.2) is 0 Å². The SMILES string of the molecule is Cn1nc(C(=O)N2CCN(c3cccc(Cl)c3)CC2)cc1-c1ccco1. The van der Waals surface area contributed by atoms with Crippen molar-refractivity contribution in [3.8, 4) is 11.5 Å². The van der Waals surface area contributed by atoms with E-state index in [0.717, 1.165) is 29.5 Å². The van der Waals surface area contributed by atoms with Gasteiger partial charge in [-0.1, -0.05) is 17.7 Å². The molecule has 0 bridgehead atoms. The Hall–Kier alpha value is -2.73. The van der Waals surface area contributed by atoms with Crippen LogP contribution in [0.1, 0.15) is 10.5 Å². The van der Waals surface area contributed by atoms with E-state index >= 15 is 0 Å². The summed E-state index contributed by atoms with van der Waals surface area (Å²) < 4.78 is 7.08. The molecule has 0 radical (unpaired) electrons. The van der Waals surface area contributed by atoms with Gasteiger partial charge in [0.25, 0.3) is 5.91 Å². The number of anilines is 1. The van der Waals surface area contributed by atoms with Crippen LogP contribution in [0.5, 0.6) is 0 Å². The summed E-state index contributed by atoms with van der Waals surface area (Å²) in [6.45, 7) is 2.84. The molecule has 1 saturated heterocycles. The molecule has 134 valence electrons. The predicted octanol–water partition coefficient (Wildman–Crippen LogP) is 3.30. The van der Waals surface area contributed by atoms with E-state index in [1.54, 1.807) is 17.0 Å². The largest absolute Gasteiger partial charge is 0.463 e. The molecule has 0 unspecified atom stereocenters. The second kappa shape index (κ2) is 6.88. The van der Waals surface area contributed by atoms with Crippen LogP contribution in [0.15, 0.2) is 53.1 Å². The maximum absolute atomic E-state index is 12.8. The molecular weight excluding hydrogens is 352 g/mol. The highest BCUT2D eigenvalue weighted by Crippen LogP contribution is 2.23. The van der Waals surface area contributed by atoms with E-state index < -0.39 is 0 Å². The zero-order valence-corrected chi connectivity index (χ0v) is 15.2. The number of carbonyl (C=O) groups is 1. The van der Waals surface area contributed by atoms with Crippen LogP contribution in [-0.4, -0.2) is 46.8 Å². The van der Waals surface area contributed by atoms with E-state index in [1.165, 1.54) is 0 Å². The Bertz CT molecular complexity index is 912.